The van der Waals surface area contributed by atoms with Crippen LogP contribution in [0.25, 0.3) is 0 Å². The molecule has 0 spiro atoms. The molecule has 112 valence electrons. The van der Waals surface area contributed by atoms with Gasteiger partial charge in [-0.1, -0.05) is 40.2 Å². The number of nitrogens with zero attached hydrogens (tertiary/aromatic N) is 1. The smallest absolute Gasteiger partial charge is 0.251 e. The highest BCUT2D eigenvalue weighted by Crippen LogP contribution is 2.21. The summed E-state index contributed by atoms with van der Waals surface area (Å²) in [6.45, 7) is 0.617. The molecule has 2 aromatic rings. The highest BCUT2D eigenvalue weighted by atomic mass is 79.9. The van der Waals surface area contributed by atoms with Crippen LogP contribution in [0.5, 0.6) is 0 Å². The van der Waals surface area contributed by atoms with Gasteiger partial charge in [-0.25, -0.2) is 0 Å². The van der Waals surface area contributed by atoms with E-state index in [1.54, 1.807) is 23.1 Å². The number of anilines is 1. The maximum absolute atomic E-state index is 12.4. The molecule has 0 radical (unpaired) electrons. The van der Waals surface area contributed by atoms with E-state index in [9.17, 15) is 9.59 Å². The molecule has 0 unspecified atom stereocenters. The average molecular weight is 359 g/mol. The van der Waals surface area contributed by atoms with Gasteiger partial charge >= 0.3 is 0 Å². The van der Waals surface area contributed by atoms with Crippen LogP contribution in [-0.2, 0) is 4.79 Å². The lowest BCUT2D eigenvalue weighted by atomic mass is 10.2. The van der Waals surface area contributed by atoms with Gasteiger partial charge in [0.2, 0.25) is 5.91 Å². The number of halogens is 1. The topological polar surface area (TPSA) is 49.4 Å². The summed E-state index contributed by atoms with van der Waals surface area (Å²) in [6.07, 6.45) is 0.619. The third-order valence-corrected chi connectivity index (χ3v) is 4.16. The van der Waals surface area contributed by atoms with Crippen molar-refractivity contribution in [2.45, 2.75) is 12.5 Å². The highest BCUT2D eigenvalue weighted by Gasteiger charge is 2.33. The molecule has 1 heterocycles. The molecular formula is C17H15BrN2O2. The van der Waals surface area contributed by atoms with Gasteiger partial charge in [-0.15, -0.1) is 0 Å². The predicted molar refractivity (Wildman–Crippen MR) is 88.8 cm³/mol. The van der Waals surface area contributed by atoms with Crippen LogP contribution in [0.1, 0.15) is 16.8 Å². The van der Waals surface area contributed by atoms with Crippen LogP contribution in [0.4, 0.5) is 5.69 Å². The minimum Gasteiger partial charge on any atom is -0.340 e. The zero-order valence-electron chi connectivity index (χ0n) is 11.8. The van der Waals surface area contributed by atoms with Crippen LogP contribution < -0.4 is 10.2 Å². The summed E-state index contributed by atoms with van der Waals surface area (Å²) in [7, 11) is 0. The number of carbonyl (C=O) groups excluding carboxylic acids is 2. The minimum atomic E-state index is -0.466. The summed E-state index contributed by atoms with van der Waals surface area (Å²) in [5, 5.41) is 2.82. The van der Waals surface area contributed by atoms with Gasteiger partial charge in [-0.3, -0.25) is 9.59 Å². The van der Waals surface area contributed by atoms with Crippen LogP contribution in [0.3, 0.4) is 0 Å². The van der Waals surface area contributed by atoms with E-state index < -0.39 is 6.04 Å². The first kappa shape index (κ1) is 14.8. The molecule has 0 aliphatic carbocycles. The van der Waals surface area contributed by atoms with E-state index in [1.807, 2.05) is 36.4 Å². The van der Waals surface area contributed by atoms with Crippen molar-refractivity contribution in [1.29, 1.82) is 0 Å². The SMILES string of the molecule is O=C(N[C@@H]1CCN(c2ccccc2)C1=O)c1cccc(Br)c1. The number of hydrogen-bond donors (Lipinski definition) is 1. The summed E-state index contributed by atoms with van der Waals surface area (Å²) >= 11 is 3.34. The second-order valence-electron chi connectivity index (χ2n) is 5.15. The Morgan fingerprint density at radius 3 is 2.64 bits per heavy atom. The van der Waals surface area contributed by atoms with Crippen molar-refractivity contribution in [3.63, 3.8) is 0 Å². The molecular weight excluding hydrogens is 344 g/mol. The van der Waals surface area contributed by atoms with Crippen molar-refractivity contribution in [1.82, 2.24) is 5.32 Å². The lowest BCUT2D eigenvalue weighted by Crippen LogP contribution is -2.41. The summed E-state index contributed by atoms with van der Waals surface area (Å²) in [5.41, 5.74) is 1.41. The quantitative estimate of drug-likeness (QED) is 0.916. The van der Waals surface area contributed by atoms with Crippen molar-refractivity contribution in [2.24, 2.45) is 0 Å². The van der Waals surface area contributed by atoms with E-state index in [2.05, 4.69) is 21.2 Å². The van der Waals surface area contributed by atoms with Crippen LogP contribution in [0.15, 0.2) is 59.1 Å². The van der Waals surface area contributed by atoms with E-state index >= 15 is 0 Å². The first-order valence-electron chi connectivity index (χ1n) is 7.08. The Labute approximate surface area is 137 Å². The molecule has 1 saturated heterocycles. The molecule has 1 atom stereocenters. The summed E-state index contributed by atoms with van der Waals surface area (Å²) in [4.78, 5) is 26.4. The van der Waals surface area contributed by atoms with Gasteiger partial charge < -0.3 is 10.2 Å². The lowest BCUT2D eigenvalue weighted by molar-refractivity contribution is -0.118. The molecule has 1 fully saturated rings. The number of rotatable bonds is 3. The molecule has 2 amide bonds. The van der Waals surface area contributed by atoms with E-state index in [-0.39, 0.29) is 11.8 Å². The molecule has 1 N–H and O–H groups in total. The third kappa shape index (κ3) is 3.04. The monoisotopic (exact) mass is 358 g/mol. The number of nitrogens with one attached hydrogen (secondary N) is 1. The molecule has 0 aromatic heterocycles. The Kier molecular flexibility index (Phi) is 4.24. The minimum absolute atomic E-state index is 0.0606. The molecule has 4 nitrogen and oxygen atoms in total. The van der Waals surface area contributed by atoms with Crippen LogP contribution in [0, 0.1) is 0 Å². The second-order valence-corrected chi connectivity index (χ2v) is 6.07. The standard InChI is InChI=1S/C17H15BrN2O2/c18-13-6-4-5-12(11-13)16(21)19-15-9-10-20(17(15)22)14-7-2-1-3-8-14/h1-8,11,15H,9-10H2,(H,19,21)/t15-/m1/s1. The van der Waals surface area contributed by atoms with E-state index in [0.717, 1.165) is 10.2 Å². The molecule has 0 saturated carbocycles. The fourth-order valence-electron chi connectivity index (χ4n) is 2.55. The second kappa shape index (κ2) is 6.32. The van der Waals surface area contributed by atoms with Gasteiger partial charge in [0.1, 0.15) is 6.04 Å². The lowest BCUT2D eigenvalue weighted by Gasteiger charge is -2.17. The van der Waals surface area contributed by atoms with Gasteiger partial charge in [-0.05, 0) is 36.8 Å². The van der Waals surface area contributed by atoms with Gasteiger partial charge in [0, 0.05) is 22.3 Å². The molecule has 22 heavy (non-hydrogen) atoms. The maximum Gasteiger partial charge on any atom is 0.251 e. The molecule has 5 heteroatoms. The molecule has 1 aliphatic rings. The number of benzene rings is 2. The Bertz CT molecular complexity index is 703. The van der Waals surface area contributed by atoms with E-state index in [4.69, 9.17) is 0 Å². The van der Waals surface area contributed by atoms with Crippen molar-refractivity contribution in [3.8, 4) is 0 Å². The van der Waals surface area contributed by atoms with Crippen molar-refractivity contribution < 1.29 is 9.59 Å². The van der Waals surface area contributed by atoms with Crippen molar-refractivity contribution in [3.05, 3.63) is 64.6 Å². The number of carbonyl (C=O) groups is 2. The molecule has 0 bridgehead atoms. The predicted octanol–water partition coefficient (Wildman–Crippen LogP) is 2.98. The highest BCUT2D eigenvalue weighted by molar-refractivity contribution is 9.10. The third-order valence-electron chi connectivity index (χ3n) is 3.67. The maximum atomic E-state index is 12.4. The molecule has 2 aromatic carbocycles. The normalized spacial score (nSPS) is 17.6. The fraction of sp³-hybridized carbons (Fsp3) is 0.176. The first-order valence-corrected chi connectivity index (χ1v) is 7.87. The largest absolute Gasteiger partial charge is 0.340 e. The molecule has 1 aliphatic heterocycles. The molecule has 3 rings (SSSR count). The van der Waals surface area contributed by atoms with Crippen molar-refractivity contribution >= 4 is 33.4 Å². The number of amides is 2. The van der Waals surface area contributed by atoms with Gasteiger partial charge in [0.25, 0.3) is 5.91 Å². The van der Waals surface area contributed by atoms with E-state index in [1.165, 1.54) is 0 Å². The summed E-state index contributed by atoms with van der Waals surface area (Å²) in [6, 6.07) is 16.2. The van der Waals surface area contributed by atoms with Crippen LogP contribution >= 0.6 is 15.9 Å². The Hall–Kier alpha value is -2.14. The number of para-hydroxylation sites is 1. The van der Waals surface area contributed by atoms with Gasteiger partial charge in [-0.2, -0.15) is 0 Å². The Balaban J connectivity index is 1.70. The fourth-order valence-corrected chi connectivity index (χ4v) is 2.95. The summed E-state index contributed by atoms with van der Waals surface area (Å²) < 4.78 is 0.837. The van der Waals surface area contributed by atoms with Crippen molar-refractivity contribution in [2.75, 3.05) is 11.4 Å². The van der Waals surface area contributed by atoms with E-state index in [0.29, 0.717) is 18.5 Å². The van der Waals surface area contributed by atoms with Gasteiger partial charge in [0.15, 0.2) is 0 Å². The zero-order valence-corrected chi connectivity index (χ0v) is 13.4. The zero-order chi connectivity index (χ0) is 15.5. The number of hydrogen-bond acceptors (Lipinski definition) is 2. The Morgan fingerprint density at radius 2 is 1.91 bits per heavy atom. The van der Waals surface area contributed by atoms with Gasteiger partial charge in [0.05, 0.1) is 0 Å². The van der Waals surface area contributed by atoms with Crippen LogP contribution in [0.2, 0.25) is 0 Å². The average Bonchev–Trinajstić information content (AvgIpc) is 2.89. The van der Waals surface area contributed by atoms with Crippen LogP contribution in [-0.4, -0.2) is 24.4 Å². The Morgan fingerprint density at radius 1 is 1.14 bits per heavy atom. The summed E-state index contributed by atoms with van der Waals surface area (Å²) in [5.74, 6) is -0.288. The first-order chi connectivity index (χ1) is 10.6.